The molecule has 19 heavy (non-hydrogen) atoms. The highest BCUT2D eigenvalue weighted by Gasteiger charge is 2.16. The van der Waals surface area contributed by atoms with Gasteiger partial charge >= 0.3 is 0 Å². The Morgan fingerprint density at radius 1 is 0.947 bits per heavy atom. The van der Waals surface area contributed by atoms with E-state index in [0.717, 1.165) is 27.1 Å². The summed E-state index contributed by atoms with van der Waals surface area (Å²) in [6.07, 6.45) is 0. The van der Waals surface area contributed by atoms with E-state index >= 15 is 0 Å². The summed E-state index contributed by atoms with van der Waals surface area (Å²) in [6, 6.07) is 14.0. The molecule has 0 radical (unpaired) electrons. The number of alkyl halides is 1. The Balaban J connectivity index is 2.41. The van der Waals surface area contributed by atoms with Crippen molar-refractivity contribution < 1.29 is 9.47 Å². The molecule has 0 saturated heterocycles. The first-order valence-electron chi connectivity index (χ1n) is 5.77. The number of benzene rings is 2. The number of hydrogen-bond acceptors (Lipinski definition) is 2. The van der Waals surface area contributed by atoms with E-state index in [2.05, 4.69) is 44.0 Å². The normalized spacial score (nSPS) is 12.0. The zero-order valence-electron chi connectivity index (χ0n) is 10.7. The van der Waals surface area contributed by atoms with Gasteiger partial charge in [-0.1, -0.05) is 44.0 Å². The highest BCUT2D eigenvalue weighted by molar-refractivity contribution is 9.10. The SMILES string of the molecule is COc1ccc(OC)c(C(Br)c2ccc(Br)cc2)c1. The van der Waals surface area contributed by atoms with E-state index in [1.54, 1.807) is 14.2 Å². The average Bonchev–Trinajstić information content (AvgIpc) is 2.46. The fourth-order valence-electron chi connectivity index (χ4n) is 1.85. The van der Waals surface area contributed by atoms with E-state index in [-0.39, 0.29) is 4.83 Å². The minimum Gasteiger partial charge on any atom is -0.497 e. The third-order valence-electron chi connectivity index (χ3n) is 2.87. The summed E-state index contributed by atoms with van der Waals surface area (Å²) in [7, 11) is 3.33. The highest BCUT2D eigenvalue weighted by atomic mass is 79.9. The van der Waals surface area contributed by atoms with E-state index in [1.165, 1.54) is 0 Å². The van der Waals surface area contributed by atoms with Crippen LogP contribution in [-0.2, 0) is 0 Å². The number of methoxy groups -OCH3 is 2. The summed E-state index contributed by atoms with van der Waals surface area (Å²) in [5.74, 6) is 1.66. The van der Waals surface area contributed by atoms with Crippen molar-refractivity contribution in [3.63, 3.8) is 0 Å². The second-order valence-corrected chi connectivity index (χ2v) is 5.85. The van der Waals surface area contributed by atoms with E-state index in [0.29, 0.717) is 0 Å². The molecule has 0 fully saturated rings. The molecule has 0 aliphatic rings. The standard InChI is InChI=1S/C15H14Br2O2/c1-18-12-7-8-14(19-2)13(9-12)15(17)10-3-5-11(16)6-4-10/h3-9,15H,1-2H3. The molecule has 0 N–H and O–H groups in total. The maximum absolute atomic E-state index is 5.42. The van der Waals surface area contributed by atoms with Gasteiger partial charge in [-0.05, 0) is 35.9 Å². The van der Waals surface area contributed by atoms with E-state index in [9.17, 15) is 0 Å². The molecule has 0 aromatic heterocycles. The van der Waals surface area contributed by atoms with Gasteiger partial charge in [-0.15, -0.1) is 0 Å². The molecule has 2 aromatic rings. The lowest BCUT2D eigenvalue weighted by atomic mass is 10.0. The van der Waals surface area contributed by atoms with Gasteiger partial charge in [0.1, 0.15) is 11.5 Å². The maximum Gasteiger partial charge on any atom is 0.123 e. The second-order valence-electron chi connectivity index (χ2n) is 4.02. The zero-order chi connectivity index (χ0) is 13.8. The highest BCUT2D eigenvalue weighted by Crippen LogP contribution is 2.38. The van der Waals surface area contributed by atoms with Crippen molar-refractivity contribution in [3.8, 4) is 11.5 Å². The molecule has 1 unspecified atom stereocenters. The van der Waals surface area contributed by atoms with E-state index in [4.69, 9.17) is 9.47 Å². The van der Waals surface area contributed by atoms with Crippen LogP contribution in [0.15, 0.2) is 46.9 Å². The summed E-state index contributed by atoms with van der Waals surface area (Å²) in [5.41, 5.74) is 2.21. The molecule has 2 aromatic carbocycles. The molecule has 0 amide bonds. The number of hydrogen-bond donors (Lipinski definition) is 0. The lowest BCUT2D eigenvalue weighted by Crippen LogP contribution is -1.98. The summed E-state index contributed by atoms with van der Waals surface area (Å²) in [5, 5.41) is 0. The van der Waals surface area contributed by atoms with Crippen LogP contribution in [-0.4, -0.2) is 14.2 Å². The summed E-state index contributed by atoms with van der Waals surface area (Å²) in [6.45, 7) is 0. The first-order chi connectivity index (χ1) is 9.15. The maximum atomic E-state index is 5.42. The Bertz CT molecular complexity index is 553. The van der Waals surface area contributed by atoms with E-state index in [1.807, 2.05) is 30.3 Å². The van der Waals surface area contributed by atoms with Crippen molar-refractivity contribution in [3.05, 3.63) is 58.1 Å². The van der Waals surface area contributed by atoms with Gasteiger partial charge in [0, 0.05) is 10.0 Å². The van der Waals surface area contributed by atoms with Crippen molar-refractivity contribution in [1.29, 1.82) is 0 Å². The summed E-state index contributed by atoms with van der Waals surface area (Å²) >= 11 is 7.16. The van der Waals surface area contributed by atoms with Crippen LogP contribution in [0.5, 0.6) is 11.5 Å². The van der Waals surface area contributed by atoms with Crippen LogP contribution in [0.3, 0.4) is 0 Å². The molecular formula is C15H14Br2O2. The van der Waals surface area contributed by atoms with Crippen LogP contribution in [0.4, 0.5) is 0 Å². The van der Waals surface area contributed by atoms with Crippen LogP contribution in [0.25, 0.3) is 0 Å². The van der Waals surface area contributed by atoms with Gasteiger partial charge in [0.2, 0.25) is 0 Å². The van der Waals surface area contributed by atoms with Crippen molar-refractivity contribution in [1.82, 2.24) is 0 Å². The second kappa shape index (κ2) is 6.44. The molecule has 0 spiro atoms. The summed E-state index contributed by atoms with van der Waals surface area (Å²) < 4.78 is 11.8. The Morgan fingerprint density at radius 2 is 1.63 bits per heavy atom. The molecule has 4 heteroatoms. The molecule has 0 aliphatic heterocycles. The van der Waals surface area contributed by atoms with Crippen LogP contribution in [0, 0.1) is 0 Å². The molecule has 1 atom stereocenters. The average molecular weight is 386 g/mol. The lowest BCUT2D eigenvalue weighted by molar-refractivity contribution is 0.399. The molecule has 0 saturated carbocycles. The van der Waals surface area contributed by atoms with Crippen molar-refractivity contribution in [2.75, 3.05) is 14.2 Å². The Kier molecular flexibility index (Phi) is 4.88. The summed E-state index contributed by atoms with van der Waals surface area (Å²) in [4.78, 5) is 0.0608. The predicted octanol–water partition coefficient (Wildman–Crippen LogP) is 4.95. The molecule has 100 valence electrons. The lowest BCUT2D eigenvalue weighted by Gasteiger charge is -2.16. The van der Waals surface area contributed by atoms with Crippen LogP contribution < -0.4 is 9.47 Å². The Labute approximate surface area is 130 Å². The molecule has 2 rings (SSSR count). The van der Waals surface area contributed by atoms with Gasteiger partial charge in [-0.3, -0.25) is 0 Å². The number of rotatable bonds is 4. The third-order valence-corrected chi connectivity index (χ3v) is 4.42. The van der Waals surface area contributed by atoms with E-state index < -0.39 is 0 Å². The largest absolute Gasteiger partial charge is 0.497 e. The van der Waals surface area contributed by atoms with Gasteiger partial charge < -0.3 is 9.47 Å². The molecular weight excluding hydrogens is 372 g/mol. The third kappa shape index (κ3) is 3.31. The van der Waals surface area contributed by atoms with Gasteiger partial charge in [0.05, 0.1) is 19.0 Å². The first-order valence-corrected chi connectivity index (χ1v) is 7.48. The van der Waals surface area contributed by atoms with Gasteiger partial charge in [-0.2, -0.15) is 0 Å². The van der Waals surface area contributed by atoms with Crippen LogP contribution in [0.2, 0.25) is 0 Å². The Hall–Kier alpha value is -1.00. The van der Waals surface area contributed by atoms with Crippen molar-refractivity contribution in [2.45, 2.75) is 4.83 Å². The molecule has 0 aliphatic carbocycles. The first kappa shape index (κ1) is 14.4. The molecule has 2 nitrogen and oxygen atoms in total. The smallest absolute Gasteiger partial charge is 0.123 e. The monoisotopic (exact) mass is 384 g/mol. The fraction of sp³-hybridized carbons (Fsp3) is 0.200. The fourth-order valence-corrected chi connectivity index (χ4v) is 2.78. The minimum absolute atomic E-state index is 0.0608. The number of ether oxygens (including phenoxy) is 2. The van der Waals surface area contributed by atoms with Crippen LogP contribution >= 0.6 is 31.9 Å². The van der Waals surface area contributed by atoms with Crippen LogP contribution in [0.1, 0.15) is 16.0 Å². The number of halogens is 2. The molecule has 0 bridgehead atoms. The van der Waals surface area contributed by atoms with Gasteiger partial charge in [0.15, 0.2) is 0 Å². The van der Waals surface area contributed by atoms with Gasteiger partial charge in [-0.25, -0.2) is 0 Å². The minimum atomic E-state index is 0.0608. The van der Waals surface area contributed by atoms with Gasteiger partial charge in [0.25, 0.3) is 0 Å². The van der Waals surface area contributed by atoms with Crippen molar-refractivity contribution in [2.24, 2.45) is 0 Å². The Morgan fingerprint density at radius 3 is 2.21 bits per heavy atom. The quantitative estimate of drug-likeness (QED) is 0.693. The topological polar surface area (TPSA) is 18.5 Å². The van der Waals surface area contributed by atoms with Crippen molar-refractivity contribution >= 4 is 31.9 Å². The predicted molar refractivity (Wildman–Crippen MR) is 84.5 cm³/mol. The zero-order valence-corrected chi connectivity index (χ0v) is 13.9. The molecule has 0 heterocycles.